The Morgan fingerprint density at radius 3 is 2.70 bits per heavy atom. The average molecular weight is 317 g/mol. The van der Waals surface area contributed by atoms with Crippen molar-refractivity contribution in [2.75, 3.05) is 5.32 Å². The molecule has 0 saturated carbocycles. The third-order valence-electron chi connectivity index (χ3n) is 3.52. The molecule has 2 N–H and O–H groups in total. The van der Waals surface area contributed by atoms with Crippen molar-refractivity contribution in [3.8, 4) is 0 Å². The molecule has 0 aliphatic heterocycles. The van der Waals surface area contributed by atoms with Gasteiger partial charge in [-0.15, -0.1) is 0 Å². The molecule has 2 aromatic heterocycles. The van der Waals surface area contributed by atoms with E-state index >= 15 is 0 Å². The fourth-order valence-electron chi connectivity index (χ4n) is 2.22. The molecule has 120 valence electrons. The van der Waals surface area contributed by atoms with Crippen LogP contribution in [-0.4, -0.2) is 19.9 Å². The number of anilines is 1. The van der Waals surface area contributed by atoms with E-state index in [0.29, 0.717) is 24.7 Å². The number of hydrogen-bond acceptors (Lipinski definition) is 5. The molecule has 0 amide bonds. The van der Waals surface area contributed by atoms with Crippen molar-refractivity contribution in [1.29, 1.82) is 0 Å². The van der Waals surface area contributed by atoms with Gasteiger partial charge in [-0.05, 0) is 38.1 Å². The van der Waals surface area contributed by atoms with Gasteiger partial charge in [0.1, 0.15) is 17.4 Å². The van der Waals surface area contributed by atoms with E-state index in [2.05, 4.69) is 20.6 Å². The molecule has 0 radical (unpaired) electrons. The number of nitrogens with one attached hydrogen (secondary N) is 2. The summed E-state index contributed by atoms with van der Waals surface area (Å²) in [6.07, 6.45) is 0. The molecule has 1 aromatic carbocycles. The normalized spacial score (nSPS) is 10.9. The first-order chi connectivity index (χ1) is 11.0. The van der Waals surface area contributed by atoms with E-state index in [9.17, 15) is 9.18 Å². The van der Waals surface area contributed by atoms with Crippen LogP contribution in [0.15, 0.2) is 33.6 Å². The SMILES string of the molecule is Cc1noc(C)c1Cn1nc(CNc2ccc(F)cc2)[nH]c1=O. The van der Waals surface area contributed by atoms with Crippen LogP contribution in [0.3, 0.4) is 0 Å². The van der Waals surface area contributed by atoms with Gasteiger partial charge in [-0.1, -0.05) is 5.16 Å². The molecule has 0 unspecified atom stereocenters. The van der Waals surface area contributed by atoms with Gasteiger partial charge in [-0.3, -0.25) is 4.98 Å². The summed E-state index contributed by atoms with van der Waals surface area (Å²) in [5.74, 6) is 0.863. The Morgan fingerprint density at radius 1 is 1.30 bits per heavy atom. The monoisotopic (exact) mass is 317 g/mol. The van der Waals surface area contributed by atoms with Crippen LogP contribution in [0.1, 0.15) is 22.8 Å². The molecule has 0 atom stereocenters. The maximum Gasteiger partial charge on any atom is 0.343 e. The molecule has 7 nitrogen and oxygen atoms in total. The van der Waals surface area contributed by atoms with Crippen molar-refractivity contribution in [2.45, 2.75) is 26.9 Å². The zero-order chi connectivity index (χ0) is 16.4. The Bertz CT molecular complexity index is 843. The van der Waals surface area contributed by atoms with Gasteiger partial charge in [0.25, 0.3) is 0 Å². The molecule has 0 spiro atoms. The number of aryl methyl sites for hydroxylation is 2. The van der Waals surface area contributed by atoms with E-state index in [4.69, 9.17) is 4.52 Å². The number of nitrogens with zero attached hydrogens (tertiary/aromatic N) is 3. The Kier molecular flexibility index (Phi) is 3.96. The second kappa shape index (κ2) is 6.07. The van der Waals surface area contributed by atoms with E-state index in [0.717, 1.165) is 16.9 Å². The number of aromatic nitrogens is 4. The first kappa shape index (κ1) is 15.0. The lowest BCUT2D eigenvalue weighted by atomic mass is 10.2. The van der Waals surface area contributed by atoms with Crippen LogP contribution in [0.25, 0.3) is 0 Å². The Hall–Kier alpha value is -2.90. The van der Waals surface area contributed by atoms with Crippen molar-refractivity contribution < 1.29 is 8.91 Å². The summed E-state index contributed by atoms with van der Waals surface area (Å²) in [7, 11) is 0. The zero-order valence-electron chi connectivity index (χ0n) is 12.8. The van der Waals surface area contributed by atoms with Gasteiger partial charge < -0.3 is 9.84 Å². The summed E-state index contributed by atoms with van der Waals surface area (Å²) in [5, 5.41) is 11.2. The van der Waals surface area contributed by atoms with Crippen molar-refractivity contribution in [1.82, 2.24) is 19.9 Å². The standard InChI is InChI=1S/C15H16FN5O2/c1-9-13(10(2)23-20-9)8-21-15(22)18-14(19-21)7-17-12-5-3-11(16)4-6-12/h3-6,17H,7-8H2,1-2H3,(H,18,19,22). The number of halogens is 1. The van der Waals surface area contributed by atoms with E-state index in [1.54, 1.807) is 19.1 Å². The van der Waals surface area contributed by atoms with Crippen LogP contribution < -0.4 is 11.0 Å². The third kappa shape index (κ3) is 3.31. The number of rotatable bonds is 5. The minimum Gasteiger partial charge on any atom is -0.378 e. The van der Waals surface area contributed by atoms with Gasteiger partial charge >= 0.3 is 5.69 Å². The minimum absolute atomic E-state index is 0.298. The summed E-state index contributed by atoms with van der Waals surface area (Å²) in [6, 6.07) is 5.96. The molecule has 3 rings (SSSR count). The smallest absolute Gasteiger partial charge is 0.343 e. The van der Waals surface area contributed by atoms with Crippen molar-refractivity contribution in [3.05, 3.63) is 63.4 Å². The van der Waals surface area contributed by atoms with Crippen LogP contribution in [0, 0.1) is 19.7 Å². The van der Waals surface area contributed by atoms with Crippen LogP contribution in [-0.2, 0) is 13.1 Å². The maximum atomic E-state index is 12.8. The Balaban J connectivity index is 1.71. The summed E-state index contributed by atoms with van der Waals surface area (Å²) < 4.78 is 19.3. The van der Waals surface area contributed by atoms with Gasteiger partial charge in [0.2, 0.25) is 0 Å². The molecule has 0 bridgehead atoms. The molecule has 8 heteroatoms. The largest absolute Gasteiger partial charge is 0.378 e. The predicted molar refractivity (Wildman–Crippen MR) is 81.7 cm³/mol. The fraction of sp³-hybridized carbons (Fsp3) is 0.267. The van der Waals surface area contributed by atoms with Crippen LogP contribution in [0.4, 0.5) is 10.1 Å². The third-order valence-corrected chi connectivity index (χ3v) is 3.52. The lowest BCUT2D eigenvalue weighted by Gasteiger charge is -2.03. The zero-order valence-corrected chi connectivity index (χ0v) is 12.8. The highest BCUT2D eigenvalue weighted by atomic mass is 19.1. The van der Waals surface area contributed by atoms with E-state index < -0.39 is 0 Å². The lowest BCUT2D eigenvalue weighted by molar-refractivity contribution is 0.391. The van der Waals surface area contributed by atoms with Crippen molar-refractivity contribution in [3.63, 3.8) is 0 Å². The molecule has 0 saturated heterocycles. The van der Waals surface area contributed by atoms with Gasteiger partial charge in [-0.2, -0.15) is 5.10 Å². The van der Waals surface area contributed by atoms with Gasteiger partial charge in [0.15, 0.2) is 0 Å². The summed E-state index contributed by atoms with van der Waals surface area (Å²) in [5.41, 5.74) is 2.02. The lowest BCUT2D eigenvalue weighted by Crippen LogP contribution is -2.19. The van der Waals surface area contributed by atoms with Gasteiger partial charge in [-0.25, -0.2) is 13.9 Å². The van der Waals surface area contributed by atoms with Gasteiger partial charge in [0.05, 0.1) is 18.8 Å². The van der Waals surface area contributed by atoms with Crippen LogP contribution in [0.2, 0.25) is 0 Å². The molecule has 0 aliphatic carbocycles. The highest BCUT2D eigenvalue weighted by molar-refractivity contribution is 5.42. The Morgan fingerprint density at radius 2 is 2.04 bits per heavy atom. The summed E-state index contributed by atoms with van der Waals surface area (Å²) in [4.78, 5) is 14.6. The van der Waals surface area contributed by atoms with Crippen LogP contribution in [0.5, 0.6) is 0 Å². The quantitative estimate of drug-likeness (QED) is 0.751. The highest BCUT2D eigenvalue weighted by Crippen LogP contribution is 2.13. The minimum atomic E-state index is -0.305. The highest BCUT2D eigenvalue weighted by Gasteiger charge is 2.13. The first-order valence-corrected chi connectivity index (χ1v) is 7.10. The molecule has 0 fully saturated rings. The van der Waals surface area contributed by atoms with Crippen molar-refractivity contribution >= 4 is 5.69 Å². The molecular formula is C15H16FN5O2. The van der Waals surface area contributed by atoms with E-state index in [1.807, 2.05) is 6.92 Å². The first-order valence-electron chi connectivity index (χ1n) is 7.10. The maximum absolute atomic E-state index is 12.8. The van der Waals surface area contributed by atoms with E-state index in [1.165, 1.54) is 16.8 Å². The van der Waals surface area contributed by atoms with E-state index in [-0.39, 0.29) is 11.5 Å². The van der Waals surface area contributed by atoms with Crippen molar-refractivity contribution in [2.24, 2.45) is 0 Å². The molecule has 0 aliphatic rings. The second-order valence-electron chi connectivity index (χ2n) is 5.20. The molecule has 3 aromatic rings. The number of H-pyrrole nitrogens is 1. The van der Waals surface area contributed by atoms with Crippen LogP contribution >= 0.6 is 0 Å². The number of hydrogen-bond donors (Lipinski definition) is 2. The summed E-state index contributed by atoms with van der Waals surface area (Å²) >= 11 is 0. The predicted octanol–water partition coefficient (Wildman–Crippen LogP) is 1.98. The Labute approximate surface area is 131 Å². The molecule has 2 heterocycles. The average Bonchev–Trinajstić information content (AvgIpc) is 3.04. The summed E-state index contributed by atoms with van der Waals surface area (Å²) in [6.45, 7) is 4.24. The second-order valence-corrected chi connectivity index (χ2v) is 5.20. The number of benzene rings is 1. The topological polar surface area (TPSA) is 88.7 Å². The molecule has 23 heavy (non-hydrogen) atoms. The number of aromatic amines is 1. The molecular weight excluding hydrogens is 301 g/mol. The fourth-order valence-corrected chi connectivity index (χ4v) is 2.22. The van der Waals surface area contributed by atoms with Gasteiger partial charge in [0, 0.05) is 11.3 Å².